The van der Waals surface area contributed by atoms with E-state index in [0.717, 1.165) is 30.7 Å². The van der Waals surface area contributed by atoms with Crippen LogP contribution in [0.4, 0.5) is 16.1 Å². The fourth-order valence-corrected chi connectivity index (χ4v) is 3.86. The van der Waals surface area contributed by atoms with E-state index in [0.29, 0.717) is 30.6 Å². The van der Waals surface area contributed by atoms with Crippen molar-refractivity contribution >= 4 is 17.6 Å². The van der Waals surface area contributed by atoms with Gasteiger partial charge in [-0.15, -0.1) is 0 Å². The Morgan fingerprint density at radius 3 is 2.65 bits per heavy atom. The SMILES string of the molecule is CCN(C(=O)[C@@H]1CCCN(c2nc(-c3ccc(OC)cc3)no2)C1)c1ccc(F)cc1. The number of benzene rings is 2. The van der Waals surface area contributed by atoms with Gasteiger partial charge in [0.05, 0.1) is 13.0 Å². The first-order chi connectivity index (χ1) is 15.1. The van der Waals surface area contributed by atoms with Gasteiger partial charge in [-0.1, -0.05) is 5.16 Å². The minimum atomic E-state index is -0.319. The molecule has 0 spiro atoms. The highest BCUT2D eigenvalue weighted by molar-refractivity contribution is 5.95. The maximum Gasteiger partial charge on any atom is 0.324 e. The minimum absolute atomic E-state index is 0.0219. The van der Waals surface area contributed by atoms with Crippen LogP contribution < -0.4 is 14.5 Å². The maximum absolute atomic E-state index is 13.3. The molecule has 31 heavy (non-hydrogen) atoms. The fraction of sp³-hybridized carbons (Fsp3) is 0.348. The van der Waals surface area contributed by atoms with Gasteiger partial charge in [-0.25, -0.2) is 4.39 Å². The molecular formula is C23H25FN4O3. The molecule has 0 saturated carbocycles. The van der Waals surface area contributed by atoms with E-state index in [-0.39, 0.29) is 17.6 Å². The van der Waals surface area contributed by atoms with E-state index in [9.17, 15) is 9.18 Å². The van der Waals surface area contributed by atoms with E-state index in [2.05, 4.69) is 10.1 Å². The fourth-order valence-electron chi connectivity index (χ4n) is 3.86. The van der Waals surface area contributed by atoms with Gasteiger partial charge in [0.2, 0.25) is 11.7 Å². The molecule has 1 saturated heterocycles. The van der Waals surface area contributed by atoms with Crippen LogP contribution >= 0.6 is 0 Å². The van der Waals surface area contributed by atoms with Crippen molar-refractivity contribution in [3.8, 4) is 17.1 Å². The Kier molecular flexibility index (Phi) is 6.16. The number of methoxy groups -OCH3 is 1. The first-order valence-electron chi connectivity index (χ1n) is 10.4. The van der Waals surface area contributed by atoms with Crippen molar-refractivity contribution in [2.75, 3.05) is 36.5 Å². The molecule has 1 amide bonds. The number of hydrogen-bond donors (Lipinski definition) is 0. The summed E-state index contributed by atoms with van der Waals surface area (Å²) in [4.78, 5) is 21.4. The zero-order valence-corrected chi connectivity index (χ0v) is 17.6. The van der Waals surface area contributed by atoms with Crippen molar-refractivity contribution in [1.82, 2.24) is 10.1 Å². The summed E-state index contributed by atoms with van der Waals surface area (Å²) < 4.78 is 23.9. The Hall–Kier alpha value is -3.42. The molecule has 1 atom stereocenters. The number of rotatable bonds is 6. The standard InChI is InChI=1S/C23H25FN4O3/c1-3-28(19-10-8-18(24)9-11-19)22(29)17-5-4-14-27(15-17)23-25-21(26-31-23)16-6-12-20(30-2)13-7-16/h6-13,17H,3-5,14-15H2,1-2H3/t17-/m1/s1. The molecule has 0 aliphatic carbocycles. The molecule has 1 aliphatic heterocycles. The maximum atomic E-state index is 13.3. The van der Waals surface area contributed by atoms with E-state index in [1.807, 2.05) is 36.1 Å². The summed E-state index contributed by atoms with van der Waals surface area (Å²) in [5.74, 6) is 0.753. The van der Waals surface area contributed by atoms with Crippen LogP contribution in [0.2, 0.25) is 0 Å². The number of amides is 1. The van der Waals surface area contributed by atoms with Gasteiger partial charge in [0, 0.05) is 30.9 Å². The Balaban J connectivity index is 1.47. The normalized spacial score (nSPS) is 16.2. The van der Waals surface area contributed by atoms with E-state index in [1.54, 1.807) is 24.1 Å². The summed E-state index contributed by atoms with van der Waals surface area (Å²) in [5.41, 5.74) is 1.53. The van der Waals surface area contributed by atoms with Gasteiger partial charge in [-0.3, -0.25) is 4.79 Å². The lowest BCUT2D eigenvalue weighted by Crippen LogP contribution is -2.45. The van der Waals surface area contributed by atoms with Gasteiger partial charge in [-0.2, -0.15) is 4.98 Å². The third-order valence-electron chi connectivity index (χ3n) is 5.53. The highest BCUT2D eigenvalue weighted by Crippen LogP contribution is 2.28. The van der Waals surface area contributed by atoms with Crippen LogP contribution in [0.1, 0.15) is 19.8 Å². The first-order valence-corrected chi connectivity index (χ1v) is 10.4. The third-order valence-corrected chi connectivity index (χ3v) is 5.53. The number of carbonyl (C=O) groups is 1. The van der Waals surface area contributed by atoms with Gasteiger partial charge in [0.15, 0.2) is 0 Å². The Morgan fingerprint density at radius 2 is 1.97 bits per heavy atom. The molecule has 1 fully saturated rings. The second-order valence-electron chi connectivity index (χ2n) is 7.47. The molecule has 1 aliphatic rings. The number of ether oxygens (including phenoxy) is 1. The van der Waals surface area contributed by atoms with Gasteiger partial charge in [-0.05, 0) is 68.3 Å². The molecule has 1 aromatic heterocycles. The van der Waals surface area contributed by atoms with Gasteiger partial charge in [0.1, 0.15) is 11.6 Å². The molecule has 2 heterocycles. The molecule has 0 unspecified atom stereocenters. The number of nitrogens with zero attached hydrogens (tertiary/aromatic N) is 4. The van der Waals surface area contributed by atoms with Crippen molar-refractivity contribution < 1.29 is 18.4 Å². The largest absolute Gasteiger partial charge is 0.497 e. The van der Waals surface area contributed by atoms with E-state index in [4.69, 9.17) is 9.26 Å². The van der Waals surface area contributed by atoms with Crippen LogP contribution in [0, 0.1) is 11.7 Å². The molecule has 162 valence electrons. The second-order valence-corrected chi connectivity index (χ2v) is 7.47. The molecule has 8 heteroatoms. The number of piperidine rings is 1. The van der Waals surface area contributed by atoms with Crippen LogP contribution in [0.5, 0.6) is 5.75 Å². The molecular weight excluding hydrogens is 399 g/mol. The lowest BCUT2D eigenvalue weighted by atomic mass is 9.96. The smallest absolute Gasteiger partial charge is 0.324 e. The van der Waals surface area contributed by atoms with E-state index in [1.165, 1.54) is 12.1 Å². The Labute approximate surface area is 180 Å². The quantitative estimate of drug-likeness (QED) is 0.592. The molecule has 4 rings (SSSR count). The van der Waals surface area contributed by atoms with Crippen LogP contribution in [0.15, 0.2) is 53.1 Å². The molecule has 3 aromatic rings. The molecule has 7 nitrogen and oxygen atoms in total. The zero-order chi connectivity index (χ0) is 21.8. The van der Waals surface area contributed by atoms with Crippen molar-refractivity contribution in [3.63, 3.8) is 0 Å². The average molecular weight is 424 g/mol. The number of anilines is 2. The topological polar surface area (TPSA) is 71.7 Å². The molecule has 0 bridgehead atoms. The van der Waals surface area contributed by atoms with Crippen LogP contribution in [0.3, 0.4) is 0 Å². The number of aromatic nitrogens is 2. The number of carbonyl (C=O) groups excluding carboxylic acids is 1. The predicted octanol–water partition coefficient (Wildman–Crippen LogP) is 4.15. The van der Waals surface area contributed by atoms with Crippen molar-refractivity contribution in [3.05, 3.63) is 54.3 Å². The van der Waals surface area contributed by atoms with Crippen LogP contribution in [-0.4, -0.2) is 42.8 Å². The third kappa shape index (κ3) is 4.52. The summed E-state index contributed by atoms with van der Waals surface area (Å²) >= 11 is 0. The average Bonchev–Trinajstić information content (AvgIpc) is 3.31. The lowest BCUT2D eigenvalue weighted by molar-refractivity contribution is -0.122. The second kappa shape index (κ2) is 9.16. The zero-order valence-electron chi connectivity index (χ0n) is 17.6. The van der Waals surface area contributed by atoms with Crippen molar-refractivity contribution in [2.24, 2.45) is 5.92 Å². The highest BCUT2D eigenvalue weighted by atomic mass is 19.1. The summed E-state index contributed by atoms with van der Waals surface area (Å²) in [6.45, 7) is 3.68. The first kappa shape index (κ1) is 20.8. The van der Waals surface area contributed by atoms with Gasteiger partial charge in [0.25, 0.3) is 0 Å². The molecule has 0 N–H and O–H groups in total. The molecule has 0 radical (unpaired) electrons. The van der Waals surface area contributed by atoms with Gasteiger partial charge >= 0.3 is 6.01 Å². The summed E-state index contributed by atoms with van der Waals surface area (Å²) in [6.07, 6.45) is 1.63. The van der Waals surface area contributed by atoms with Gasteiger partial charge < -0.3 is 19.1 Å². The minimum Gasteiger partial charge on any atom is -0.497 e. The lowest BCUT2D eigenvalue weighted by Gasteiger charge is -2.33. The monoisotopic (exact) mass is 424 g/mol. The Morgan fingerprint density at radius 1 is 1.23 bits per heavy atom. The molecule has 2 aromatic carbocycles. The summed E-state index contributed by atoms with van der Waals surface area (Å²) in [6, 6.07) is 13.9. The van der Waals surface area contributed by atoms with Crippen LogP contribution in [0.25, 0.3) is 11.4 Å². The van der Waals surface area contributed by atoms with Crippen molar-refractivity contribution in [1.29, 1.82) is 0 Å². The predicted molar refractivity (Wildman–Crippen MR) is 116 cm³/mol. The summed E-state index contributed by atoms with van der Waals surface area (Å²) in [5, 5.41) is 4.09. The Bertz CT molecular complexity index is 1020. The van der Waals surface area contributed by atoms with E-state index >= 15 is 0 Å². The van der Waals surface area contributed by atoms with Crippen molar-refractivity contribution in [2.45, 2.75) is 19.8 Å². The summed E-state index contributed by atoms with van der Waals surface area (Å²) in [7, 11) is 1.62. The van der Waals surface area contributed by atoms with Crippen LogP contribution in [-0.2, 0) is 4.79 Å². The number of halogens is 1. The highest BCUT2D eigenvalue weighted by Gasteiger charge is 2.31. The van der Waals surface area contributed by atoms with E-state index < -0.39 is 0 Å². The number of hydrogen-bond acceptors (Lipinski definition) is 6.